The molecule has 0 aliphatic carbocycles. The van der Waals surface area contributed by atoms with Gasteiger partial charge in [0, 0.05) is 36.4 Å². The lowest BCUT2D eigenvalue weighted by Crippen LogP contribution is -2.35. The molecular weight excluding hydrogens is 300 g/mol. The highest BCUT2D eigenvalue weighted by atomic mass is 35.5. The minimum absolute atomic E-state index is 0.00189. The number of nitrogens with zero attached hydrogens (tertiary/aromatic N) is 2. The van der Waals surface area contributed by atoms with E-state index < -0.39 is 0 Å². The standard InChI is InChI=1S/C16H19ClN4O/c1-12(10-13-4-2-5-14(17)11-13)21-15(22)6-9-20-16-18-7-3-8-19-16/h2-5,7-8,11-12H,6,9-10H2,1H3,(H,21,22)(H,18,19,20)/t12-/m0/s1. The summed E-state index contributed by atoms with van der Waals surface area (Å²) in [6, 6.07) is 9.47. The Balaban J connectivity index is 1.70. The minimum atomic E-state index is -0.00189. The number of hydrogen-bond acceptors (Lipinski definition) is 4. The number of halogens is 1. The van der Waals surface area contributed by atoms with Crippen molar-refractivity contribution in [2.75, 3.05) is 11.9 Å². The van der Waals surface area contributed by atoms with Crippen molar-refractivity contribution in [2.24, 2.45) is 0 Å². The molecule has 1 aromatic heterocycles. The van der Waals surface area contributed by atoms with Crippen molar-refractivity contribution < 1.29 is 4.79 Å². The first-order valence-electron chi connectivity index (χ1n) is 7.18. The fourth-order valence-electron chi connectivity index (χ4n) is 2.09. The van der Waals surface area contributed by atoms with Gasteiger partial charge in [-0.3, -0.25) is 4.79 Å². The predicted molar refractivity (Wildman–Crippen MR) is 87.9 cm³/mol. The van der Waals surface area contributed by atoms with E-state index in [1.165, 1.54) is 0 Å². The molecule has 22 heavy (non-hydrogen) atoms. The van der Waals surface area contributed by atoms with E-state index in [1.807, 2.05) is 31.2 Å². The maximum atomic E-state index is 11.9. The molecule has 2 aromatic rings. The zero-order valence-electron chi connectivity index (χ0n) is 12.4. The van der Waals surface area contributed by atoms with E-state index in [0.29, 0.717) is 23.9 Å². The summed E-state index contributed by atoms with van der Waals surface area (Å²) < 4.78 is 0. The predicted octanol–water partition coefficient (Wildman–Crippen LogP) is 2.68. The Morgan fingerprint density at radius 3 is 2.77 bits per heavy atom. The second-order valence-electron chi connectivity index (χ2n) is 5.05. The fourth-order valence-corrected chi connectivity index (χ4v) is 2.31. The average molecular weight is 319 g/mol. The van der Waals surface area contributed by atoms with E-state index in [2.05, 4.69) is 20.6 Å². The number of benzene rings is 1. The SMILES string of the molecule is C[C@@H](Cc1cccc(Cl)c1)NC(=O)CCNc1ncccn1. The Morgan fingerprint density at radius 2 is 2.05 bits per heavy atom. The number of amides is 1. The van der Waals surface area contributed by atoms with Crippen LogP contribution in [0.4, 0.5) is 5.95 Å². The van der Waals surface area contributed by atoms with Gasteiger partial charge in [-0.2, -0.15) is 0 Å². The number of carbonyl (C=O) groups excluding carboxylic acids is 1. The summed E-state index contributed by atoms with van der Waals surface area (Å²) in [7, 11) is 0. The summed E-state index contributed by atoms with van der Waals surface area (Å²) in [5.41, 5.74) is 1.11. The van der Waals surface area contributed by atoms with Gasteiger partial charge < -0.3 is 10.6 Å². The summed E-state index contributed by atoms with van der Waals surface area (Å²) in [5.74, 6) is 0.528. The highest BCUT2D eigenvalue weighted by Crippen LogP contribution is 2.12. The Hall–Kier alpha value is -2.14. The first-order chi connectivity index (χ1) is 10.6. The van der Waals surface area contributed by atoms with Crippen molar-refractivity contribution in [3.63, 3.8) is 0 Å². The number of hydrogen-bond donors (Lipinski definition) is 2. The Kier molecular flexibility index (Phi) is 6.15. The lowest BCUT2D eigenvalue weighted by molar-refractivity contribution is -0.121. The van der Waals surface area contributed by atoms with Crippen molar-refractivity contribution in [2.45, 2.75) is 25.8 Å². The van der Waals surface area contributed by atoms with Gasteiger partial charge >= 0.3 is 0 Å². The third kappa shape index (κ3) is 5.69. The Bertz CT molecular complexity index is 606. The summed E-state index contributed by atoms with van der Waals surface area (Å²) in [4.78, 5) is 20.0. The van der Waals surface area contributed by atoms with E-state index in [9.17, 15) is 4.79 Å². The van der Waals surface area contributed by atoms with Crippen molar-refractivity contribution >= 4 is 23.5 Å². The number of aromatic nitrogens is 2. The molecule has 0 radical (unpaired) electrons. The second kappa shape index (κ2) is 8.34. The molecule has 0 saturated carbocycles. The molecule has 1 atom stereocenters. The molecule has 0 aliphatic rings. The second-order valence-corrected chi connectivity index (χ2v) is 5.49. The first-order valence-corrected chi connectivity index (χ1v) is 7.56. The molecule has 6 heteroatoms. The van der Waals surface area contributed by atoms with Gasteiger partial charge in [0.2, 0.25) is 11.9 Å². The van der Waals surface area contributed by atoms with Gasteiger partial charge in [-0.1, -0.05) is 23.7 Å². The topological polar surface area (TPSA) is 66.9 Å². The Labute approximate surface area is 135 Å². The van der Waals surface area contributed by atoms with Crippen LogP contribution in [0.5, 0.6) is 0 Å². The zero-order chi connectivity index (χ0) is 15.8. The monoisotopic (exact) mass is 318 g/mol. The maximum Gasteiger partial charge on any atom is 0.222 e. The van der Waals surface area contributed by atoms with Crippen LogP contribution in [-0.4, -0.2) is 28.5 Å². The molecular formula is C16H19ClN4O. The quantitative estimate of drug-likeness (QED) is 0.823. The minimum Gasteiger partial charge on any atom is -0.354 e. The lowest BCUT2D eigenvalue weighted by Gasteiger charge is -2.14. The van der Waals surface area contributed by atoms with Crippen LogP contribution in [0.1, 0.15) is 18.9 Å². The third-order valence-corrected chi connectivity index (χ3v) is 3.27. The summed E-state index contributed by atoms with van der Waals surface area (Å²) in [6.45, 7) is 2.48. The molecule has 1 aromatic carbocycles. The third-order valence-electron chi connectivity index (χ3n) is 3.04. The van der Waals surface area contributed by atoms with Crippen LogP contribution in [0.2, 0.25) is 5.02 Å². The smallest absolute Gasteiger partial charge is 0.222 e. The molecule has 0 aliphatic heterocycles. The molecule has 1 heterocycles. The molecule has 0 unspecified atom stereocenters. The largest absolute Gasteiger partial charge is 0.354 e. The fraction of sp³-hybridized carbons (Fsp3) is 0.312. The summed E-state index contributed by atoms with van der Waals surface area (Å²) in [5, 5.41) is 6.69. The van der Waals surface area contributed by atoms with Crippen LogP contribution in [0.25, 0.3) is 0 Å². The number of carbonyl (C=O) groups is 1. The van der Waals surface area contributed by atoms with E-state index in [-0.39, 0.29) is 11.9 Å². The van der Waals surface area contributed by atoms with Crippen molar-refractivity contribution in [3.8, 4) is 0 Å². The van der Waals surface area contributed by atoms with Crippen LogP contribution in [0.15, 0.2) is 42.7 Å². The molecule has 2 N–H and O–H groups in total. The normalized spacial score (nSPS) is 11.7. The van der Waals surface area contributed by atoms with Gasteiger partial charge in [0.25, 0.3) is 0 Å². The summed E-state index contributed by atoms with van der Waals surface area (Å²) in [6.07, 6.45) is 4.44. The van der Waals surface area contributed by atoms with Gasteiger partial charge in [-0.25, -0.2) is 9.97 Å². The molecule has 116 valence electrons. The van der Waals surface area contributed by atoms with E-state index in [4.69, 9.17) is 11.6 Å². The average Bonchev–Trinajstić information content (AvgIpc) is 2.48. The first kappa shape index (κ1) is 16.2. The van der Waals surface area contributed by atoms with Gasteiger partial charge in [0.15, 0.2) is 0 Å². The van der Waals surface area contributed by atoms with Crippen molar-refractivity contribution in [1.82, 2.24) is 15.3 Å². The van der Waals surface area contributed by atoms with Crippen LogP contribution in [-0.2, 0) is 11.2 Å². The van der Waals surface area contributed by atoms with E-state index in [1.54, 1.807) is 18.5 Å². The van der Waals surface area contributed by atoms with Crippen LogP contribution in [0, 0.1) is 0 Å². The molecule has 0 fully saturated rings. The van der Waals surface area contributed by atoms with Crippen LogP contribution < -0.4 is 10.6 Å². The molecule has 2 rings (SSSR count). The zero-order valence-corrected chi connectivity index (χ0v) is 13.2. The van der Waals surface area contributed by atoms with E-state index >= 15 is 0 Å². The Morgan fingerprint density at radius 1 is 1.27 bits per heavy atom. The lowest BCUT2D eigenvalue weighted by atomic mass is 10.1. The number of nitrogens with one attached hydrogen (secondary N) is 2. The summed E-state index contributed by atoms with van der Waals surface area (Å²) >= 11 is 5.95. The highest BCUT2D eigenvalue weighted by molar-refractivity contribution is 6.30. The van der Waals surface area contributed by atoms with Crippen LogP contribution >= 0.6 is 11.6 Å². The van der Waals surface area contributed by atoms with E-state index in [0.717, 1.165) is 12.0 Å². The molecule has 5 nitrogen and oxygen atoms in total. The van der Waals surface area contributed by atoms with Gasteiger partial charge in [0.05, 0.1) is 0 Å². The molecule has 0 spiro atoms. The van der Waals surface area contributed by atoms with Crippen molar-refractivity contribution in [3.05, 3.63) is 53.3 Å². The van der Waals surface area contributed by atoms with Crippen molar-refractivity contribution in [1.29, 1.82) is 0 Å². The van der Waals surface area contributed by atoms with Gasteiger partial charge in [-0.15, -0.1) is 0 Å². The number of anilines is 1. The molecule has 1 amide bonds. The van der Waals surface area contributed by atoms with Gasteiger partial charge in [-0.05, 0) is 37.1 Å². The molecule has 0 saturated heterocycles. The highest BCUT2D eigenvalue weighted by Gasteiger charge is 2.08. The van der Waals surface area contributed by atoms with Crippen LogP contribution in [0.3, 0.4) is 0 Å². The molecule has 0 bridgehead atoms. The van der Waals surface area contributed by atoms with Gasteiger partial charge in [0.1, 0.15) is 0 Å². The maximum absolute atomic E-state index is 11.9. The number of rotatable bonds is 7.